The van der Waals surface area contributed by atoms with Crippen LogP contribution in [0.15, 0.2) is 48.7 Å². The van der Waals surface area contributed by atoms with Gasteiger partial charge in [-0.15, -0.1) is 0 Å². The molecule has 1 N–H and O–H groups in total. The summed E-state index contributed by atoms with van der Waals surface area (Å²) in [4.78, 5) is 27.4. The lowest BCUT2D eigenvalue weighted by Crippen LogP contribution is -2.25. The van der Waals surface area contributed by atoms with Crippen molar-refractivity contribution in [3.63, 3.8) is 0 Å². The zero-order valence-corrected chi connectivity index (χ0v) is 15.8. The number of Topliss-reactive ketones (excluding diaryl/α,β-unsaturated/α-hetero) is 1. The number of carbonyl (C=O) groups is 2. The first-order valence-electron chi connectivity index (χ1n) is 9.12. The third kappa shape index (κ3) is 3.58. The van der Waals surface area contributed by atoms with E-state index in [-0.39, 0.29) is 24.6 Å². The molecule has 0 aliphatic carbocycles. The van der Waals surface area contributed by atoms with Gasteiger partial charge in [0.05, 0.1) is 0 Å². The minimum atomic E-state index is -0.608. The van der Waals surface area contributed by atoms with Crippen LogP contribution in [0.1, 0.15) is 29.8 Å². The highest BCUT2D eigenvalue weighted by atomic mass is 16.6. The van der Waals surface area contributed by atoms with Gasteiger partial charge in [0.1, 0.15) is 5.60 Å². The number of para-hydroxylation sites is 2. The van der Waals surface area contributed by atoms with Crippen LogP contribution in [0.5, 0.6) is 11.5 Å². The molecule has 0 spiro atoms. The number of hydrogen-bond acceptors (Lipinski definition) is 5. The van der Waals surface area contributed by atoms with E-state index in [4.69, 9.17) is 14.2 Å². The van der Waals surface area contributed by atoms with Crippen LogP contribution in [0.4, 0.5) is 0 Å². The van der Waals surface area contributed by atoms with Crippen molar-refractivity contribution in [1.82, 2.24) is 4.98 Å². The van der Waals surface area contributed by atoms with Crippen LogP contribution >= 0.6 is 0 Å². The molecule has 6 nitrogen and oxygen atoms in total. The van der Waals surface area contributed by atoms with Gasteiger partial charge in [0, 0.05) is 34.6 Å². The fraction of sp³-hybridized carbons (Fsp3) is 0.273. The molecule has 0 atom stereocenters. The second-order valence-electron chi connectivity index (χ2n) is 7.40. The van der Waals surface area contributed by atoms with Crippen molar-refractivity contribution >= 4 is 22.7 Å². The van der Waals surface area contributed by atoms with E-state index >= 15 is 0 Å². The number of fused-ring (bicyclic) bond motifs is 2. The largest absolute Gasteiger partial charge is 0.483 e. The molecule has 144 valence electrons. The van der Waals surface area contributed by atoms with Crippen LogP contribution in [0.3, 0.4) is 0 Å². The van der Waals surface area contributed by atoms with Gasteiger partial charge in [-0.1, -0.05) is 30.3 Å². The number of H-pyrrole nitrogens is 1. The molecule has 0 bridgehead atoms. The molecule has 0 saturated carbocycles. The molecule has 0 saturated heterocycles. The second-order valence-corrected chi connectivity index (χ2v) is 7.40. The molecule has 2 aromatic carbocycles. The van der Waals surface area contributed by atoms with Crippen molar-refractivity contribution in [3.05, 3.63) is 59.8 Å². The van der Waals surface area contributed by atoms with E-state index in [1.54, 1.807) is 12.3 Å². The van der Waals surface area contributed by atoms with Gasteiger partial charge in [-0.2, -0.15) is 0 Å². The standard InChI is InChI=1S/C22H21NO5/c1-22(2)10-14-6-5-9-19(21(14)28-22)26-13-20(25)27-12-18(24)16-11-23-17-8-4-3-7-15(16)17/h3-9,11,23H,10,12-13H2,1-2H3. The molecule has 0 fully saturated rings. The SMILES string of the molecule is CC1(C)Cc2cccc(OCC(=O)OCC(=O)c3c[nH]c4ccccc34)c2O1. The van der Waals surface area contributed by atoms with Gasteiger partial charge in [0.2, 0.25) is 5.78 Å². The number of esters is 1. The maximum Gasteiger partial charge on any atom is 0.344 e. The van der Waals surface area contributed by atoms with E-state index in [2.05, 4.69) is 4.98 Å². The molecule has 3 aromatic rings. The summed E-state index contributed by atoms with van der Waals surface area (Å²) < 4.78 is 16.6. The van der Waals surface area contributed by atoms with Crippen molar-refractivity contribution in [2.45, 2.75) is 25.9 Å². The first-order chi connectivity index (χ1) is 13.4. The summed E-state index contributed by atoms with van der Waals surface area (Å²) in [6.45, 7) is 3.38. The lowest BCUT2D eigenvalue weighted by Gasteiger charge is -2.18. The smallest absolute Gasteiger partial charge is 0.344 e. The number of carbonyl (C=O) groups excluding carboxylic acids is 2. The molecule has 0 radical (unpaired) electrons. The fourth-order valence-corrected chi connectivity index (χ4v) is 3.41. The summed E-state index contributed by atoms with van der Waals surface area (Å²) in [5.74, 6) is 0.290. The van der Waals surface area contributed by atoms with Gasteiger partial charge < -0.3 is 19.2 Å². The number of rotatable bonds is 6. The van der Waals surface area contributed by atoms with Crippen LogP contribution in [0.2, 0.25) is 0 Å². The number of hydrogen-bond donors (Lipinski definition) is 1. The Morgan fingerprint density at radius 3 is 2.79 bits per heavy atom. The van der Waals surface area contributed by atoms with Crippen LogP contribution < -0.4 is 9.47 Å². The fourth-order valence-electron chi connectivity index (χ4n) is 3.41. The van der Waals surface area contributed by atoms with Gasteiger partial charge in [0.15, 0.2) is 24.7 Å². The quantitative estimate of drug-likeness (QED) is 0.522. The van der Waals surface area contributed by atoms with E-state index in [0.717, 1.165) is 22.9 Å². The summed E-state index contributed by atoms with van der Waals surface area (Å²) >= 11 is 0. The van der Waals surface area contributed by atoms with Gasteiger partial charge in [-0.25, -0.2) is 4.79 Å². The summed E-state index contributed by atoms with van der Waals surface area (Å²) in [6, 6.07) is 13.1. The maximum atomic E-state index is 12.4. The molecule has 2 heterocycles. The minimum absolute atomic E-state index is 0.267. The Hall–Kier alpha value is -3.28. The Kier molecular flexibility index (Phi) is 4.55. The van der Waals surface area contributed by atoms with Crippen LogP contribution in [-0.2, 0) is 16.0 Å². The lowest BCUT2D eigenvalue weighted by molar-refractivity contribution is -0.144. The second kappa shape index (κ2) is 7.03. The third-order valence-electron chi connectivity index (χ3n) is 4.65. The van der Waals surface area contributed by atoms with Gasteiger partial charge in [-0.05, 0) is 26.0 Å². The van der Waals surface area contributed by atoms with E-state index in [1.807, 2.05) is 50.2 Å². The molecule has 1 aromatic heterocycles. The monoisotopic (exact) mass is 379 g/mol. The lowest BCUT2D eigenvalue weighted by atomic mass is 10.0. The molecule has 28 heavy (non-hydrogen) atoms. The summed E-state index contributed by atoms with van der Waals surface area (Å²) in [5, 5.41) is 0.805. The van der Waals surface area contributed by atoms with Gasteiger partial charge in [0.25, 0.3) is 0 Å². The van der Waals surface area contributed by atoms with Crippen LogP contribution in [0.25, 0.3) is 10.9 Å². The van der Waals surface area contributed by atoms with Crippen molar-refractivity contribution in [2.75, 3.05) is 13.2 Å². The predicted molar refractivity (Wildman–Crippen MR) is 104 cm³/mol. The van der Waals surface area contributed by atoms with E-state index in [9.17, 15) is 9.59 Å². The molecular weight excluding hydrogens is 358 g/mol. The minimum Gasteiger partial charge on any atom is -0.483 e. The zero-order chi connectivity index (χ0) is 19.7. The Bertz CT molecular complexity index is 1050. The predicted octanol–water partition coefficient (Wildman–Crippen LogP) is 3.69. The van der Waals surface area contributed by atoms with Crippen molar-refractivity contribution in [2.24, 2.45) is 0 Å². The number of ether oxygens (including phenoxy) is 3. The third-order valence-corrected chi connectivity index (χ3v) is 4.65. The molecule has 4 rings (SSSR count). The first kappa shape index (κ1) is 18.1. The van der Waals surface area contributed by atoms with Crippen LogP contribution in [0, 0.1) is 0 Å². The number of aromatic nitrogens is 1. The summed E-state index contributed by atoms with van der Waals surface area (Å²) in [6.07, 6.45) is 2.41. The number of nitrogens with one attached hydrogen (secondary N) is 1. The van der Waals surface area contributed by atoms with E-state index < -0.39 is 5.97 Å². The first-order valence-corrected chi connectivity index (χ1v) is 9.12. The molecule has 0 unspecified atom stereocenters. The van der Waals surface area contributed by atoms with E-state index in [1.165, 1.54) is 0 Å². The van der Waals surface area contributed by atoms with Gasteiger partial charge >= 0.3 is 5.97 Å². The van der Waals surface area contributed by atoms with Gasteiger partial charge in [-0.3, -0.25) is 4.79 Å². The Morgan fingerprint density at radius 1 is 1.11 bits per heavy atom. The normalized spacial score (nSPS) is 14.4. The molecule has 6 heteroatoms. The molecule has 1 aliphatic rings. The number of benzene rings is 2. The summed E-state index contributed by atoms with van der Waals surface area (Å²) in [5.41, 5.74) is 2.11. The average molecular weight is 379 g/mol. The highest BCUT2D eigenvalue weighted by molar-refractivity contribution is 6.08. The molecule has 0 amide bonds. The Morgan fingerprint density at radius 2 is 1.93 bits per heavy atom. The Labute approximate surface area is 162 Å². The molecular formula is C22H21NO5. The topological polar surface area (TPSA) is 77.6 Å². The zero-order valence-electron chi connectivity index (χ0n) is 15.8. The Balaban J connectivity index is 1.34. The van der Waals surface area contributed by atoms with Crippen molar-refractivity contribution in [1.29, 1.82) is 0 Å². The van der Waals surface area contributed by atoms with E-state index in [0.29, 0.717) is 17.1 Å². The number of ketones is 1. The highest BCUT2D eigenvalue weighted by Gasteiger charge is 2.32. The average Bonchev–Trinajstić information content (AvgIpc) is 3.23. The highest BCUT2D eigenvalue weighted by Crippen LogP contribution is 2.41. The maximum absolute atomic E-state index is 12.4. The molecule has 1 aliphatic heterocycles. The summed E-state index contributed by atoms with van der Waals surface area (Å²) in [7, 11) is 0. The van der Waals surface area contributed by atoms with Crippen molar-refractivity contribution in [3.8, 4) is 11.5 Å². The van der Waals surface area contributed by atoms with Crippen molar-refractivity contribution < 1.29 is 23.8 Å². The number of aromatic amines is 1. The van der Waals surface area contributed by atoms with Crippen LogP contribution in [-0.4, -0.2) is 35.6 Å².